The van der Waals surface area contributed by atoms with Gasteiger partial charge in [-0.05, 0) is 44.2 Å². The first-order valence-electron chi connectivity index (χ1n) is 9.73. The third-order valence-corrected chi connectivity index (χ3v) is 5.32. The predicted molar refractivity (Wildman–Crippen MR) is 110 cm³/mol. The van der Waals surface area contributed by atoms with Crippen LogP contribution in [0.2, 0.25) is 0 Å². The largest absolute Gasteiger partial charge is 0.416 e. The van der Waals surface area contributed by atoms with Crippen molar-refractivity contribution >= 4 is 23.1 Å². The van der Waals surface area contributed by atoms with Gasteiger partial charge in [-0.2, -0.15) is 13.2 Å². The fourth-order valence-corrected chi connectivity index (χ4v) is 3.47. The number of hydrogen-bond acceptors (Lipinski definition) is 4. The van der Waals surface area contributed by atoms with E-state index < -0.39 is 17.8 Å². The number of ketones is 1. The number of Topliss-reactive ketones (excluding diaryl/α,β-unsaturated/α-hetero) is 1. The molecule has 0 saturated carbocycles. The maximum atomic E-state index is 13.0. The van der Waals surface area contributed by atoms with Gasteiger partial charge in [0.1, 0.15) is 0 Å². The Morgan fingerprint density at radius 2 is 1.67 bits per heavy atom. The quantitative estimate of drug-likeness (QED) is 0.743. The van der Waals surface area contributed by atoms with Gasteiger partial charge in [-0.1, -0.05) is 18.2 Å². The molecule has 160 valence electrons. The molecule has 3 rings (SSSR count). The Morgan fingerprint density at radius 3 is 2.30 bits per heavy atom. The van der Waals surface area contributed by atoms with Crippen LogP contribution in [0.1, 0.15) is 29.8 Å². The normalized spacial score (nSPS) is 16.2. The molecule has 1 amide bonds. The Kier molecular flexibility index (Phi) is 6.45. The predicted octanol–water partition coefficient (Wildman–Crippen LogP) is 4.06. The molecule has 1 unspecified atom stereocenters. The third-order valence-electron chi connectivity index (χ3n) is 5.32. The van der Waals surface area contributed by atoms with Crippen LogP contribution in [0, 0.1) is 0 Å². The molecule has 30 heavy (non-hydrogen) atoms. The fourth-order valence-electron chi connectivity index (χ4n) is 3.47. The standard InChI is InChI=1S/C22H24F3N3O2/c1-15(21(30)26-19-7-3-5-17(13-19)16(2)29)27-9-11-28(12-10-27)20-8-4-6-18(14-20)22(23,24)25/h3-8,13-15H,9-12H2,1-2H3,(H,26,30). The first-order chi connectivity index (χ1) is 14.1. The van der Waals surface area contributed by atoms with E-state index in [0.717, 1.165) is 12.1 Å². The number of nitrogens with one attached hydrogen (secondary N) is 1. The van der Waals surface area contributed by atoms with E-state index >= 15 is 0 Å². The van der Waals surface area contributed by atoms with E-state index in [1.807, 2.05) is 9.80 Å². The lowest BCUT2D eigenvalue weighted by molar-refractivity contribution is -0.137. The minimum Gasteiger partial charge on any atom is -0.369 e. The second kappa shape index (κ2) is 8.87. The molecule has 8 heteroatoms. The average molecular weight is 419 g/mol. The number of hydrogen-bond donors (Lipinski definition) is 1. The molecular formula is C22H24F3N3O2. The van der Waals surface area contributed by atoms with Crippen molar-refractivity contribution in [3.8, 4) is 0 Å². The van der Waals surface area contributed by atoms with Crippen molar-refractivity contribution in [1.29, 1.82) is 0 Å². The van der Waals surface area contributed by atoms with E-state index in [9.17, 15) is 22.8 Å². The topological polar surface area (TPSA) is 52.7 Å². The highest BCUT2D eigenvalue weighted by atomic mass is 19.4. The number of rotatable bonds is 5. The Balaban J connectivity index is 1.59. The second-order valence-corrected chi connectivity index (χ2v) is 7.37. The van der Waals surface area contributed by atoms with Crippen molar-refractivity contribution in [2.24, 2.45) is 0 Å². The number of piperazine rings is 1. The molecule has 0 radical (unpaired) electrons. The lowest BCUT2D eigenvalue weighted by atomic mass is 10.1. The summed E-state index contributed by atoms with van der Waals surface area (Å²) in [5.74, 6) is -0.270. The SMILES string of the molecule is CC(=O)c1cccc(NC(=O)C(C)N2CCN(c3cccc(C(F)(F)F)c3)CC2)c1. The van der Waals surface area contributed by atoms with Crippen LogP contribution in [0.5, 0.6) is 0 Å². The highest BCUT2D eigenvalue weighted by molar-refractivity contribution is 5.98. The summed E-state index contributed by atoms with van der Waals surface area (Å²) in [6.07, 6.45) is -4.37. The van der Waals surface area contributed by atoms with Gasteiger partial charge in [0.25, 0.3) is 0 Å². The van der Waals surface area contributed by atoms with E-state index in [1.54, 1.807) is 37.3 Å². The Labute approximate surface area is 173 Å². The molecule has 1 saturated heterocycles. The van der Waals surface area contributed by atoms with Crippen molar-refractivity contribution < 1.29 is 22.8 Å². The monoisotopic (exact) mass is 419 g/mol. The molecule has 1 fully saturated rings. The van der Waals surface area contributed by atoms with Crippen LogP contribution < -0.4 is 10.2 Å². The zero-order chi connectivity index (χ0) is 21.9. The van der Waals surface area contributed by atoms with Crippen molar-refractivity contribution in [3.63, 3.8) is 0 Å². The number of amides is 1. The molecule has 1 aliphatic heterocycles. The van der Waals surface area contributed by atoms with E-state index in [-0.39, 0.29) is 11.7 Å². The molecule has 2 aromatic rings. The summed E-state index contributed by atoms with van der Waals surface area (Å²) >= 11 is 0. The van der Waals surface area contributed by atoms with Crippen LogP contribution in [0.4, 0.5) is 24.5 Å². The van der Waals surface area contributed by atoms with E-state index in [4.69, 9.17) is 0 Å². The molecular weight excluding hydrogens is 395 g/mol. The first-order valence-corrected chi connectivity index (χ1v) is 9.73. The molecule has 1 N–H and O–H groups in total. The molecule has 1 aliphatic rings. The summed E-state index contributed by atoms with van der Waals surface area (Å²) in [5, 5.41) is 2.83. The van der Waals surface area contributed by atoms with Gasteiger partial charge in [0.15, 0.2) is 5.78 Å². The molecule has 5 nitrogen and oxygen atoms in total. The molecule has 1 atom stereocenters. The van der Waals surface area contributed by atoms with Gasteiger partial charge in [0.2, 0.25) is 5.91 Å². The maximum Gasteiger partial charge on any atom is 0.416 e. The summed E-state index contributed by atoms with van der Waals surface area (Å²) < 4.78 is 38.9. The Bertz CT molecular complexity index is 922. The summed E-state index contributed by atoms with van der Waals surface area (Å²) in [4.78, 5) is 28.0. The summed E-state index contributed by atoms with van der Waals surface area (Å²) in [7, 11) is 0. The number of nitrogens with zero attached hydrogens (tertiary/aromatic N) is 2. The van der Waals surface area contributed by atoms with Gasteiger partial charge in [-0.3, -0.25) is 14.5 Å². The Hall–Kier alpha value is -2.87. The highest BCUT2D eigenvalue weighted by Gasteiger charge is 2.31. The lowest BCUT2D eigenvalue weighted by Crippen LogP contribution is -2.52. The first kappa shape index (κ1) is 21.8. The van der Waals surface area contributed by atoms with Crippen molar-refractivity contribution in [1.82, 2.24) is 4.90 Å². The number of carbonyl (C=O) groups is 2. The van der Waals surface area contributed by atoms with Gasteiger partial charge in [-0.15, -0.1) is 0 Å². The molecule has 0 spiro atoms. The molecule has 0 aromatic heterocycles. The van der Waals surface area contributed by atoms with Crippen molar-refractivity contribution in [2.75, 3.05) is 36.4 Å². The molecule has 0 bridgehead atoms. The fraction of sp³-hybridized carbons (Fsp3) is 0.364. The van der Waals surface area contributed by atoms with Crippen molar-refractivity contribution in [3.05, 3.63) is 59.7 Å². The highest BCUT2D eigenvalue weighted by Crippen LogP contribution is 2.32. The summed E-state index contributed by atoms with van der Waals surface area (Å²) in [6, 6.07) is 11.7. The lowest BCUT2D eigenvalue weighted by Gasteiger charge is -2.38. The van der Waals surface area contributed by atoms with Gasteiger partial charge in [0.05, 0.1) is 11.6 Å². The maximum absolute atomic E-state index is 13.0. The van der Waals surface area contributed by atoms with Crippen LogP contribution in [-0.2, 0) is 11.0 Å². The number of halogens is 3. The summed E-state index contributed by atoms with van der Waals surface area (Å²) in [6.45, 7) is 5.42. The number of alkyl halides is 3. The van der Waals surface area contributed by atoms with E-state index in [2.05, 4.69) is 5.32 Å². The average Bonchev–Trinajstić information content (AvgIpc) is 2.73. The van der Waals surface area contributed by atoms with E-state index in [0.29, 0.717) is 43.1 Å². The van der Waals surface area contributed by atoms with Crippen LogP contribution >= 0.6 is 0 Å². The van der Waals surface area contributed by atoms with E-state index in [1.165, 1.54) is 13.0 Å². The number of carbonyl (C=O) groups excluding carboxylic acids is 2. The van der Waals surface area contributed by atoms with Crippen LogP contribution in [0.15, 0.2) is 48.5 Å². The summed E-state index contributed by atoms with van der Waals surface area (Å²) in [5.41, 5.74) is 0.947. The molecule has 2 aromatic carbocycles. The minimum absolute atomic E-state index is 0.0788. The second-order valence-electron chi connectivity index (χ2n) is 7.37. The van der Waals surface area contributed by atoms with Gasteiger partial charge >= 0.3 is 6.18 Å². The van der Waals surface area contributed by atoms with Crippen LogP contribution in [0.25, 0.3) is 0 Å². The zero-order valence-electron chi connectivity index (χ0n) is 16.9. The van der Waals surface area contributed by atoms with Gasteiger partial charge in [0, 0.05) is 43.1 Å². The van der Waals surface area contributed by atoms with Gasteiger partial charge in [-0.25, -0.2) is 0 Å². The van der Waals surface area contributed by atoms with Crippen LogP contribution in [0.3, 0.4) is 0 Å². The zero-order valence-corrected chi connectivity index (χ0v) is 16.9. The smallest absolute Gasteiger partial charge is 0.369 e. The minimum atomic E-state index is -4.37. The third kappa shape index (κ3) is 5.18. The Morgan fingerprint density at radius 1 is 1.00 bits per heavy atom. The number of anilines is 2. The van der Waals surface area contributed by atoms with Crippen LogP contribution in [-0.4, -0.2) is 48.8 Å². The molecule has 1 heterocycles. The van der Waals surface area contributed by atoms with Gasteiger partial charge < -0.3 is 10.2 Å². The molecule has 0 aliphatic carbocycles. The number of benzene rings is 2. The van der Waals surface area contributed by atoms with Crippen molar-refractivity contribution in [2.45, 2.75) is 26.1 Å².